The number of carbonyl (C=O) groups excluding carboxylic acids is 1. The summed E-state index contributed by atoms with van der Waals surface area (Å²) < 4.78 is 0. The van der Waals surface area contributed by atoms with Crippen LogP contribution in [0.25, 0.3) is 0 Å². The van der Waals surface area contributed by atoms with Crippen molar-refractivity contribution in [3.8, 4) is 0 Å². The lowest BCUT2D eigenvalue weighted by molar-refractivity contribution is -0.138. The monoisotopic (exact) mass is 220 g/mol. The van der Waals surface area contributed by atoms with Gasteiger partial charge < -0.3 is 5.11 Å². The number of hydrazone groups is 1. The molecule has 16 heavy (non-hydrogen) atoms. The zero-order valence-electron chi connectivity index (χ0n) is 8.59. The maximum atomic E-state index is 11.0. The lowest BCUT2D eigenvalue weighted by atomic mass is 10.2. The van der Waals surface area contributed by atoms with Gasteiger partial charge in [0.25, 0.3) is 0 Å². The van der Waals surface area contributed by atoms with Gasteiger partial charge in [-0.1, -0.05) is 30.3 Å². The van der Waals surface area contributed by atoms with Crippen molar-refractivity contribution >= 4 is 18.1 Å². The molecule has 0 radical (unpaired) electrons. The summed E-state index contributed by atoms with van der Waals surface area (Å²) in [7, 11) is 0. The highest BCUT2D eigenvalue weighted by atomic mass is 16.4. The number of carbonyl (C=O) groups is 2. The van der Waals surface area contributed by atoms with Gasteiger partial charge in [-0.3, -0.25) is 9.59 Å². The molecule has 5 nitrogen and oxygen atoms in total. The maximum Gasteiger partial charge on any atom is 0.303 e. The normalized spacial score (nSPS) is 10.2. The molecule has 0 saturated carbocycles. The van der Waals surface area contributed by atoms with Crippen LogP contribution in [0.4, 0.5) is 0 Å². The van der Waals surface area contributed by atoms with Gasteiger partial charge in [0, 0.05) is 6.42 Å². The Kier molecular flexibility index (Phi) is 4.72. The second-order valence-corrected chi connectivity index (χ2v) is 3.10. The molecule has 0 fully saturated rings. The molecule has 0 spiro atoms. The Morgan fingerprint density at radius 3 is 2.56 bits per heavy atom. The van der Waals surface area contributed by atoms with E-state index in [-0.39, 0.29) is 12.8 Å². The summed E-state index contributed by atoms with van der Waals surface area (Å²) in [6, 6.07) is 9.27. The molecule has 5 heteroatoms. The molecule has 2 N–H and O–H groups in total. The zero-order valence-corrected chi connectivity index (χ0v) is 8.59. The Morgan fingerprint density at radius 1 is 1.25 bits per heavy atom. The number of aliphatic carboxylic acids is 1. The van der Waals surface area contributed by atoms with Crippen LogP contribution in [0.5, 0.6) is 0 Å². The van der Waals surface area contributed by atoms with E-state index in [4.69, 9.17) is 5.11 Å². The summed E-state index contributed by atoms with van der Waals surface area (Å²) in [5, 5.41) is 12.0. The average molecular weight is 220 g/mol. The van der Waals surface area contributed by atoms with Crippen molar-refractivity contribution in [1.82, 2.24) is 5.43 Å². The molecule has 0 aromatic heterocycles. The smallest absolute Gasteiger partial charge is 0.303 e. The van der Waals surface area contributed by atoms with Crippen molar-refractivity contribution in [3.63, 3.8) is 0 Å². The first-order chi connectivity index (χ1) is 7.68. The Morgan fingerprint density at radius 2 is 1.94 bits per heavy atom. The van der Waals surface area contributed by atoms with Crippen LogP contribution in [-0.4, -0.2) is 23.2 Å². The number of rotatable bonds is 5. The van der Waals surface area contributed by atoms with Gasteiger partial charge in [-0.15, -0.1) is 0 Å². The third-order valence-corrected chi connectivity index (χ3v) is 1.77. The minimum absolute atomic E-state index is 0.0680. The molecule has 0 heterocycles. The SMILES string of the molecule is O=C(O)CCC(=O)N/N=C/c1ccccc1. The van der Waals surface area contributed by atoms with Crippen LogP contribution >= 0.6 is 0 Å². The standard InChI is InChI=1S/C11H12N2O3/c14-10(6-7-11(15)16)13-12-8-9-4-2-1-3-5-9/h1-5,8H,6-7H2,(H,13,14)(H,15,16)/b12-8+. The summed E-state index contributed by atoms with van der Waals surface area (Å²) in [5.74, 6) is -1.41. The number of benzene rings is 1. The maximum absolute atomic E-state index is 11.0. The first-order valence-electron chi connectivity index (χ1n) is 4.77. The minimum atomic E-state index is -0.998. The lowest BCUT2D eigenvalue weighted by Crippen LogP contribution is -2.18. The van der Waals surface area contributed by atoms with Gasteiger partial charge in [-0.25, -0.2) is 5.43 Å². The zero-order chi connectivity index (χ0) is 11.8. The number of nitrogens with one attached hydrogen (secondary N) is 1. The van der Waals surface area contributed by atoms with Gasteiger partial charge in [-0.2, -0.15) is 5.10 Å². The molecule has 0 saturated heterocycles. The van der Waals surface area contributed by atoms with Crippen LogP contribution in [0.2, 0.25) is 0 Å². The van der Waals surface area contributed by atoms with Gasteiger partial charge in [0.15, 0.2) is 0 Å². The number of carboxylic acid groups (broad SMARTS) is 1. The fourth-order valence-electron chi connectivity index (χ4n) is 0.994. The molecule has 0 atom stereocenters. The second-order valence-electron chi connectivity index (χ2n) is 3.10. The average Bonchev–Trinajstić information content (AvgIpc) is 2.28. The topological polar surface area (TPSA) is 78.8 Å². The Bertz CT molecular complexity index is 387. The van der Waals surface area contributed by atoms with E-state index in [9.17, 15) is 9.59 Å². The molecule has 0 aliphatic rings. The predicted octanol–water partition coefficient (Wildman–Crippen LogP) is 1.00. The van der Waals surface area contributed by atoms with E-state index in [0.717, 1.165) is 5.56 Å². The van der Waals surface area contributed by atoms with Crippen LogP contribution < -0.4 is 5.43 Å². The third kappa shape index (κ3) is 4.90. The van der Waals surface area contributed by atoms with E-state index in [2.05, 4.69) is 10.5 Å². The molecule has 1 amide bonds. The number of hydrogen-bond acceptors (Lipinski definition) is 3. The van der Waals surface area contributed by atoms with E-state index in [0.29, 0.717) is 0 Å². The van der Waals surface area contributed by atoms with Crippen molar-refractivity contribution in [3.05, 3.63) is 35.9 Å². The van der Waals surface area contributed by atoms with E-state index in [1.165, 1.54) is 6.21 Å². The van der Waals surface area contributed by atoms with Crippen LogP contribution in [0.1, 0.15) is 18.4 Å². The first kappa shape index (κ1) is 11.9. The van der Waals surface area contributed by atoms with Crippen LogP contribution in [0.15, 0.2) is 35.4 Å². The number of nitrogens with zero attached hydrogens (tertiary/aromatic N) is 1. The molecule has 84 valence electrons. The minimum Gasteiger partial charge on any atom is -0.481 e. The number of carboxylic acids is 1. The molecular weight excluding hydrogens is 208 g/mol. The predicted molar refractivity (Wildman–Crippen MR) is 59.0 cm³/mol. The summed E-state index contributed by atoms with van der Waals surface area (Å²) in [5.41, 5.74) is 3.12. The summed E-state index contributed by atoms with van der Waals surface area (Å²) in [6.45, 7) is 0. The Balaban J connectivity index is 2.32. The van der Waals surface area contributed by atoms with Gasteiger partial charge >= 0.3 is 5.97 Å². The largest absolute Gasteiger partial charge is 0.481 e. The molecular formula is C11H12N2O3. The quantitative estimate of drug-likeness (QED) is 0.574. The van der Waals surface area contributed by atoms with Crippen molar-refractivity contribution in [2.75, 3.05) is 0 Å². The van der Waals surface area contributed by atoms with E-state index in [1.807, 2.05) is 30.3 Å². The van der Waals surface area contributed by atoms with Gasteiger partial charge in [-0.05, 0) is 5.56 Å². The first-order valence-corrected chi connectivity index (χ1v) is 4.77. The summed E-state index contributed by atoms with van der Waals surface area (Å²) >= 11 is 0. The fraction of sp³-hybridized carbons (Fsp3) is 0.182. The molecule has 0 aliphatic carbocycles. The number of amides is 1. The Labute approximate surface area is 92.8 Å². The van der Waals surface area contributed by atoms with Crippen molar-refractivity contribution < 1.29 is 14.7 Å². The molecule has 0 bridgehead atoms. The van der Waals surface area contributed by atoms with Crippen molar-refractivity contribution in [1.29, 1.82) is 0 Å². The Hall–Kier alpha value is -2.17. The van der Waals surface area contributed by atoms with E-state index in [1.54, 1.807) is 0 Å². The molecule has 0 aliphatic heterocycles. The van der Waals surface area contributed by atoms with Crippen molar-refractivity contribution in [2.24, 2.45) is 5.10 Å². The van der Waals surface area contributed by atoms with E-state index < -0.39 is 11.9 Å². The van der Waals surface area contributed by atoms with Crippen LogP contribution in [-0.2, 0) is 9.59 Å². The van der Waals surface area contributed by atoms with Crippen LogP contribution in [0, 0.1) is 0 Å². The highest BCUT2D eigenvalue weighted by molar-refractivity contribution is 5.83. The number of hydrogen-bond donors (Lipinski definition) is 2. The molecule has 1 rings (SSSR count). The molecule has 0 unspecified atom stereocenters. The van der Waals surface area contributed by atoms with Gasteiger partial charge in [0.2, 0.25) is 5.91 Å². The van der Waals surface area contributed by atoms with Crippen molar-refractivity contribution in [2.45, 2.75) is 12.8 Å². The fourth-order valence-corrected chi connectivity index (χ4v) is 0.994. The third-order valence-electron chi connectivity index (χ3n) is 1.77. The lowest BCUT2D eigenvalue weighted by Gasteiger charge is -1.96. The molecule has 1 aromatic rings. The summed E-state index contributed by atoms with van der Waals surface area (Å²) in [6.07, 6.45) is 1.24. The molecule has 1 aromatic carbocycles. The van der Waals surface area contributed by atoms with Crippen LogP contribution in [0.3, 0.4) is 0 Å². The van der Waals surface area contributed by atoms with Gasteiger partial charge in [0.05, 0.1) is 12.6 Å². The highest BCUT2D eigenvalue weighted by Gasteiger charge is 2.03. The second kappa shape index (κ2) is 6.34. The van der Waals surface area contributed by atoms with E-state index >= 15 is 0 Å². The highest BCUT2D eigenvalue weighted by Crippen LogP contribution is 1.93. The van der Waals surface area contributed by atoms with Gasteiger partial charge in [0.1, 0.15) is 0 Å². The summed E-state index contributed by atoms with van der Waals surface area (Å²) in [4.78, 5) is 21.2.